The van der Waals surface area contributed by atoms with E-state index in [9.17, 15) is 4.79 Å². The fourth-order valence-corrected chi connectivity index (χ4v) is 2.20. The number of aryl methyl sites for hydroxylation is 1. The predicted octanol–water partition coefficient (Wildman–Crippen LogP) is 3.32. The Hall–Kier alpha value is -2.43. The molecule has 0 spiro atoms. The van der Waals surface area contributed by atoms with Gasteiger partial charge in [0.1, 0.15) is 11.5 Å². The molecule has 0 saturated heterocycles. The second kappa shape index (κ2) is 7.02. The Balaban J connectivity index is 2.15. The van der Waals surface area contributed by atoms with Gasteiger partial charge in [-0.25, -0.2) is 9.97 Å². The molecule has 0 aliphatic rings. The Kier molecular flexibility index (Phi) is 5.09. The van der Waals surface area contributed by atoms with Crippen molar-refractivity contribution in [1.82, 2.24) is 14.9 Å². The SMILES string of the molecule is CCN(CC)C(=O)c1cnc(Nc2cccc(C)c2C)cn1. The van der Waals surface area contributed by atoms with Crippen molar-refractivity contribution in [1.29, 1.82) is 0 Å². The number of aromatic nitrogens is 2. The van der Waals surface area contributed by atoms with Crippen LogP contribution in [0.1, 0.15) is 35.5 Å². The highest BCUT2D eigenvalue weighted by atomic mass is 16.2. The maximum Gasteiger partial charge on any atom is 0.274 e. The van der Waals surface area contributed by atoms with E-state index >= 15 is 0 Å². The number of hydrogen-bond acceptors (Lipinski definition) is 4. The molecule has 0 aliphatic heterocycles. The van der Waals surface area contributed by atoms with E-state index in [4.69, 9.17) is 0 Å². The van der Waals surface area contributed by atoms with Crippen LogP contribution in [0.3, 0.4) is 0 Å². The molecular weight excluding hydrogens is 276 g/mol. The summed E-state index contributed by atoms with van der Waals surface area (Å²) in [5.74, 6) is 0.542. The third-order valence-electron chi connectivity index (χ3n) is 3.79. The van der Waals surface area contributed by atoms with Crippen LogP contribution in [0.15, 0.2) is 30.6 Å². The zero-order valence-corrected chi connectivity index (χ0v) is 13.6. The van der Waals surface area contributed by atoms with Crippen molar-refractivity contribution < 1.29 is 4.79 Å². The van der Waals surface area contributed by atoms with Gasteiger partial charge in [-0.2, -0.15) is 0 Å². The molecule has 0 saturated carbocycles. The van der Waals surface area contributed by atoms with Crippen molar-refractivity contribution in [2.45, 2.75) is 27.7 Å². The Morgan fingerprint density at radius 2 is 1.86 bits per heavy atom. The number of anilines is 2. The van der Waals surface area contributed by atoms with Gasteiger partial charge in [-0.05, 0) is 44.9 Å². The van der Waals surface area contributed by atoms with Gasteiger partial charge in [0.25, 0.3) is 5.91 Å². The number of nitrogens with zero attached hydrogens (tertiary/aromatic N) is 3. The number of benzene rings is 1. The molecule has 5 nitrogen and oxygen atoms in total. The first-order valence-electron chi connectivity index (χ1n) is 7.51. The van der Waals surface area contributed by atoms with Gasteiger partial charge in [0.2, 0.25) is 0 Å². The second-order valence-electron chi connectivity index (χ2n) is 5.14. The van der Waals surface area contributed by atoms with Crippen LogP contribution in [0.5, 0.6) is 0 Å². The summed E-state index contributed by atoms with van der Waals surface area (Å²) in [4.78, 5) is 22.4. The van der Waals surface area contributed by atoms with E-state index in [2.05, 4.69) is 35.2 Å². The molecule has 1 aromatic carbocycles. The van der Waals surface area contributed by atoms with Crippen LogP contribution >= 0.6 is 0 Å². The van der Waals surface area contributed by atoms with E-state index < -0.39 is 0 Å². The summed E-state index contributed by atoms with van der Waals surface area (Å²) in [6, 6.07) is 6.06. The quantitative estimate of drug-likeness (QED) is 0.920. The summed E-state index contributed by atoms with van der Waals surface area (Å²) in [5, 5.41) is 3.24. The standard InChI is InChI=1S/C17H22N4O/c1-5-21(6-2)17(22)15-10-19-16(11-18-15)20-14-9-7-8-12(3)13(14)4/h7-11H,5-6H2,1-4H3,(H,19,20). The molecule has 1 aromatic heterocycles. The third-order valence-corrected chi connectivity index (χ3v) is 3.79. The fraction of sp³-hybridized carbons (Fsp3) is 0.353. The van der Waals surface area contributed by atoms with Crippen molar-refractivity contribution in [3.8, 4) is 0 Å². The zero-order valence-electron chi connectivity index (χ0n) is 13.6. The molecule has 0 atom stereocenters. The van der Waals surface area contributed by atoms with Gasteiger partial charge in [-0.15, -0.1) is 0 Å². The minimum atomic E-state index is -0.0872. The van der Waals surface area contributed by atoms with Crippen LogP contribution in [0, 0.1) is 13.8 Å². The molecule has 0 unspecified atom stereocenters. The zero-order chi connectivity index (χ0) is 16.1. The summed E-state index contributed by atoms with van der Waals surface area (Å²) in [6.45, 7) is 9.36. The van der Waals surface area contributed by atoms with Gasteiger partial charge < -0.3 is 10.2 Å². The van der Waals surface area contributed by atoms with Gasteiger partial charge >= 0.3 is 0 Å². The molecule has 1 N–H and O–H groups in total. The minimum absolute atomic E-state index is 0.0872. The van der Waals surface area contributed by atoms with Crippen molar-refractivity contribution in [3.63, 3.8) is 0 Å². The van der Waals surface area contributed by atoms with Crippen molar-refractivity contribution >= 4 is 17.4 Å². The lowest BCUT2D eigenvalue weighted by Gasteiger charge is -2.17. The van der Waals surface area contributed by atoms with E-state index in [1.165, 1.54) is 17.3 Å². The molecular formula is C17H22N4O. The van der Waals surface area contributed by atoms with Crippen molar-refractivity contribution in [2.75, 3.05) is 18.4 Å². The third kappa shape index (κ3) is 3.42. The first-order chi connectivity index (χ1) is 10.6. The fourth-order valence-electron chi connectivity index (χ4n) is 2.20. The summed E-state index contributed by atoms with van der Waals surface area (Å²) >= 11 is 0. The summed E-state index contributed by atoms with van der Waals surface area (Å²) in [5.41, 5.74) is 3.76. The molecule has 2 rings (SSSR count). The average Bonchev–Trinajstić information content (AvgIpc) is 2.53. The highest BCUT2D eigenvalue weighted by Crippen LogP contribution is 2.21. The lowest BCUT2D eigenvalue weighted by molar-refractivity contribution is 0.0766. The highest BCUT2D eigenvalue weighted by molar-refractivity contribution is 5.92. The number of amides is 1. The van der Waals surface area contributed by atoms with E-state index in [0.29, 0.717) is 24.6 Å². The van der Waals surface area contributed by atoms with Crippen LogP contribution in [0.25, 0.3) is 0 Å². The Morgan fingerprint density at radius 1 is 1.14 bits per heavy atom. The van der Waals surface area contributed by atoms with Crippen LogP contribution in [0.2, 0.25) is 0 Å². The van der Waals surface area contributed by atoms with Gasteiger partial charge in [0, 0.05) is 18.8 Å². The Bertz CT molecular complexity index is 648. The first kappa shape index (κ1) is 15.9. The van der Waals surface area contributed by atoms with Crippen LogP contribution in [-0.4, -0.2) is 33.9 Å². The number of carbonyl (C=O) groups excluding carboxylic acids is 1. The molecule has 2 aromatic rings. The molecule has 0 bridgehead atoms. The monoisotopic (exact) mass is 298 g/mol. The van der Waals surface area contributed by atoms with E-state index in [0.717, 1.165) is 5.69 Å². The molecule has 1 heterocycles. The summed E-state index contributed by atoms with van der Waals surface area (Å²) in [6.07, 6.45) is 3.12. The average molecular weight is 298 g/mol. The first-order valence-corrected chi connectivity index (χ1v) is 7.51. The predicted molar refractivity (Wildman–Crippen MR) is 88.5 cm³/mol. The van der Waals surface area contributed by atoms with Crippen molar-refractivity contribution in [2.24, 2.45) is 0 Å². The van der Waals surface area contributed by atoms with Gasteiger partial charge in [0.15, 0.2) is 0 Å². The normalized spacial score (nSPS) is 10.4. The smallest absolute Gasteiger partial charge is 0.274 e. The lowest BCUT2D eigenvalue weighted by Crippen LogP contribution is -2.31. The topological polar surface area (TPSA) is 58.1 Å². The number of rotatable bonds is 5. The Labute approximate surface area is 131 Å². The summed E-state index contributed by atoms with van der Waals surface area (Å²) in [7, 11) is 0. The van der Waals surface area contributed by atoms with Crippen LogP contribution < -0.4 is 5.32 Å². The van der Waals surface area contributed by atoms with Gasteiger partial charge in [-0.3, -0.25) is 4.79 Å². The largest absolute Gasteiger partial charge is 0.339 e. The van der Waals surface area contributed by atoms with Crippen molar-refractivity contribution in [3.05, 3.63) is 47.4 Å². The molecule has 22 heavy (non-hydrogen) atoms. The maximum absolute atomic E-state index is 12.2. The molecule has 1 amide bonds. The molecule has 0 aliphatic carbocycles. The van der Waals surface area contributed by atoms with Gasteiger partial charge in [0.05, 0.1) is 12.4 Å². The number of nitrogens with one attached hydrogen (secondary N) is 1. The van der Waals surface area contributed by atoms with E-state index in [-0.39, 0.29) is 5.91 Å². The molecule has 5 heteroatoms. The lowest BCUT2D eigenvalue weighted by atomic mass is 10.1. The summed E-state index contributed by atoms with van der Waals surface area (Å²) < 4.78 is 0. The number of hydrogen-bond donors (Lipinski definition) is 1. The number of carbonyl (C=O) groups is 1. The molecule has 0 fully saturated rings. The van der Waals surface area contributed by atoms with Crippen LogP contribution in [-0.2, 0) is 0 Å². The maximum atomic E-state index is 12.2. The van der Waals surface area contributed by atoms with E-state index in [1.807, 2.05) is 26.0 Å². The highest BCUT2D eigenvalue weighted by Gasteiger charge is 2.14. The minimum Gasteiger partial charge on any atom is -0.339 e. The molecule has 0 radical (unpaired) electrons. The van der Waals surface area contributed by atoms with E-state index in [1.54, 1.807) is 11.1 Å². The van der Waals surface area contributed by atoms with Gasteiger partial charge in [-0.1, -0.05) is 12.1 Å². The Morgan fingerprint density at radius 3 is 2.45 bits per heavy atom. The molecule has 116 valence electrons. The van der Waals surface area contributed by atoms with Crippen LogP contribution in [0.4, 0.5) is 11.5 Å². The second-order valence-corrected chi connectivity index (χ2v) is 5.14.